The molecule has 7 heteroatoms. The molecule has 1 aromatic heterocycles. The predicted octanol–water partition coefficient (Wildman–Crippen LogP) is 2.02. The van der Waals surface area contributed by atoms with Gasteiger partial charge in [0.25, 0.3) is 0 Å². The van der Waals surface area contributed by atoms with Crippen LogP contribution in [-0.4, -0.2) is 30.1 Å². The van der Waals surface area contributed by atoms with E-state index in [2.05, 4.69) is 5.32 Å². The fourth-order valence-electron chi connectivity index (χ4n) is 2.63. The molecule has 2 rings (SSSR count). The van der Waals surface area contributed by atoms with E-state index in [0.29, 0.717) is 23.3 Å². The molecule has 25 heavy (non-hydrogen) atoms. The van der Waals surface area contributed by atoms with Crippen molar-refractivity contribution < 1.29 is 23.8 Å². The van der Waals surface area contributed by atoms with E-state index in [1.807, 2.05) is 0 Å². The zero-order chi connectivity index (χ0) is 18.6. The Balaban J connectivity index is 2.20. The molecule has 0 aliphatic heterocycles. The van der Waals surface area contributed by atoms with Crippen LogP contribution in [0.5, 0.6) is 5.75 Å². The molecule has 0 unspecified atom stereocenters. The summed E-state index contributed by atoms with van der Waals surface area (Å²) in [6.07, 6.45) is 0.481. The van der Waals surface area contributed by atoms with Crippen molar-refractivity contribution in [1.29, 1.82) is 0 Å². The van der Waals surface area contributed by atoms with E-state index in [1.54, 1.807) is 32.0 Å². The zero-order valence-electron chi connectivity index (χ0n) is 14.4. The maximum atomic E-state index is 12.2. The topological polar surface area (TPSA) is 106 Å². The van der Waals surface area contributed by atoms with Crippen LogP contribution in [-0.2, 0) is 16.0 Å². The number of carboxylic acid groups (broad SMARTS) is 1. The molecule has 1 amide bonds. The number of fused-ring (bicyclic) bond motifs is 1. The number of carbonyl (C=O) groups excluding carboxylic acids is 1. The highest BCUT2D eigenvalue weighted by Crippen LogP contribution is 2.24. The monoisotopic (exact) mass is 347 g/mol. The molecule has 0 aliphatic rings. The normalized spacial score (nSPS) is 12.0. The molecule has 2 aromatic rings. The maximum absolute atomic E-state index is 12.2. The Kier molecular flexibility index (Phi) is 5.80. The summed E-state index contributed by atoms with van der Waals surface area (Å²) in [5, 5.41) is 12.2. The first-order valence-corrected chi connectivity index (χ1v) is 7.99. The quantitative estimate of drug-likeness (QED) is 0.742. The van der Waals surface area contributed by atoms with Crippen LogP contribution in [0.15, 0.2) is 27.4 Å². The van der Waals surface area contributed by atoms with Crippen molar-refractivity contribution in [1.82, 2.24) is 5.32 Å². The smallest absolute Gasteiger partial charge is 0.339 e. The van der Waals surface area contributed by atoms with Crippen molar-refractivity contribution in [3.63, 3.8) is 0 Å². The molecule has 0 spiro atoms. The van der Waals surface area contributed by atoms with Gasteiger partial charge in [-0.2, -0.15) is 0 Å². The SMILES string of the molecule is CC[C@H](NC(=O)CCc1c(C)c2ccc(OC)cc2oc1=O)C(=O)O. The van der Waals surface area contributed by atoms with E-state index in [0.717, 1.165) is 10.9 Å². The molecule has 0 fully saturated rings. The summed E-state index contributed by atoms with van der Waals surface area (Å²) >= 11 is 0. The van der Waals surface area contributed by atoms with E-state index in [4.69, 9.17) is 14.3 Å². The molecule has 0 saturated carbocycles. The predicted molar refractivity (Wildman–Crippen MR) is 92.0 cm³/mol. The standard InChI is InChI=1S/C18H21NO6/c1-4-14(17(21)22)19-16(20)8-7-13-10(2)12-6-5-11(24-3)9-15(12)25-18(13)23/h5-6,9,14H,4,7-8H2,1-3H3,(H,19,20)(H,21,22)/t14-/m0/s1. The number of methoxy groups -OCH3 is 1. The lowest BCUT2D eigenvalue weighted by Gasteiger charge is -2.12. The van der Waals surface area contributed by atoms with Crippen LogP contribution in [0.25, 0.3) is 11.0 Å². The van der Waals surface area contributed by atoms with Gasteiger partial charge in [-0.05, 0) is 37.5 Å². The number of aryl methyl sites for hydroxylation is 1. The van der Waals surface area contributed by atoms with Crippen LogP contribution in [0.1, 0.15) is 30.9 Å². The summed E-state index contributed by atoms with van der Waals surface area (Å²) in [7, 11) is 1.53. The average molecular weight is 347 g/mol. The third-order valence-corrected chi connectivity index (χ3v) is 4.14. The van der Waals surface area contributed by atoms with Gasteiger partial charge >= 0.3 is 11.6 Å². The molecule has 0 radical (unpaired) electrons. The fourth-order valence-corrected chi connectivity index (χ4v) is 2.63. The molecular formula is C18H21NO6. The highest BCUT2D eigenvalue weighted by atomic mass is 16.5. The summed E-state index contributed by atoms with van der Waals surface area (Å²) in [6, 6.07) is 4.28. The van der Waals surface area contributed by atoms with Crippen LogP contribution in [0.4, 0.5) is 0 Å². The van der Waals surface area contributed by atoms with Gasteiger partial charge in [-0.25, -0.2) is 9.59 Å². The highest BCUT2D eigenvalue weighted by Gasteiger charge is 2.18. The first-order valence-electron chi connectivity index (χ1n) is 7.99. The molecule has 1 heterocycles. The molecule has 0 aliphatic carbocycles. The second kappa shape index (κ2) is 7.83. The summed E-state index contributed by atoms with van der Waals surface area (Å²) in [5.41, 5.74) is 1.08. The lowest BCUT2D eigenvalue weighted by atomic mass is 10.0. The van der Waals surface area contributed by atoms with Gasteiger partial charge < -0.3 is 19.6 Å². The van der Waals surface area contributed by atoms with E-state index in [-0.39, 0.29) is 12.8 Å². The number of amides is 1. The van der Waals surface area contributed by atoms with Gasteiger partial charge in [0.15, 0.2) is 0 Å². The molecule has 1 atom stereocenters. The molecule has 2 N–H and O–H groups in total. The third-order valence-electron chi connectivity index (χ3n) is 4.14. The van der Waals surface area contributed by atoms with Crippen LogP contribution in [0.2, 0.25) is 0 Å². The second-order valence-electron chi connectivity index (χ2n) is 5.72. The largest absolute Gasteiger partial charge is 0.497 e. The minimum atomic E-state index is -1.08. The van der Waals surface area contributed by atoms with Crippen molar-refractivity contribution >= 4 is 22.8 Å². The molecule has 0 saturated heterocycles. The Labute approximate surface area is 144 Å². The number of hydrogen-bond donors (Lipinski definition) is 2. The van der Waals surface area contributed by atoms with Crippen molar-refractivity contribution in [2.24, 2.45) is 0 Å². The third kappa shape index (κ3) is 4.17. The first kappa shape index (κ1) is 18.5. The first-order chi connectivity index (χ1) is 11.9. The van der Waals surface area contributed by atoms with Gasteiger partial charge in [-0.15, -0.1) is 0 Å². The minimum Gasteiger partial charge on any atom is -0.497 e. The summed E-state index contributed by atoms with van der Waals surface area (Å²) in [4.78, 5) is 35.1. The Morgan fingerprint density at radius 3 is 2.68 bits per heavy atom. The molecule has 0 bridgehead atoms. The molecule has 134 valence electrons. The van der Waals surface area contributed by atoms with Crippen molar-refractivity contribution in [3.05, 3.63) is 39.7 Å². The second-order valence-corrected chi connectivity index (χ2v) is 5.72. The molecule has 1 aromatic carbocycles. The Hall–Kier alpha value is -2.83. The minimum absolute atomic E-state index is 0.0110. The Morgan fingerprint density at radius 1 is 1.36 bits per heavy atom. The van der Waals surface area contributed by atoms with E-state index >= 15 is 0 Å². The van der Waals surface area contributed by atoms with Gasteiger partial charge in [-0.1, -0.05) is 6.92 Å². The summed E-state index contributed by atoms with van der Waals surface area (Å²) < 4.78 is 10.4. The number of carbonyl (C=O) groups is 2. The average Bonchev–Trinajstić information content (AvgIpc) is 2.58. The number of nitrogens with one attached hydrogen (secondary N) is 1. The van der Waals surface area contributed by atoms with Crippen LogP contribution >= 0.6 is 0 Å². The maximum Gasteiger partial charge on any atom is 0.339 e. The summed E-state index contributed by atoms with van der Waals surface area (Å²) in [6.45, 7) is 3.47. The van der Waals surface area contributed by atoms with E-state index in [1.165, 1.54) is 7.11 Å². The van der Waals surface area contributed by atoms with Gasteiger partial charge in [0.05, 0.1) is 7.11 Å². The van der Waals surface area contributed by atoms with Gasteiger partial charge in [-0.3, -0.25) is 4.79 Å². The number of rotatable bonds is 7. The van der Waals surface area contributed by atoms with Gasteiger partial charge in [0, 0.05) is 23.4 Å². The van der Waals surface area contributed by atoms with Gasteiger partial charge in [0.2, 0.25) is 5.91 Å². The number of carboxylic acids is 1. The lowest BCUT2D eigenvalue weighted by molar-refractivity contribution is -0.141. The number of aliphatic carboxylic acids is 1. The number of ether oxygens (including phenoxy) is 1. The fraction of sp³-hybridized carbons (Fsp3) is 0.389. The van der Waals surface area contributed by atoms with Crippen molar-refractivity contribution in [2.75, 3.05) is 7.11 Å². The van der Waals surface area contributed by atoms with Crippen LogP contribution < -0.4 is 15.7 Å². The Bertz CT molecular complexity index is 855. The highest BCUT2D eigenvalue weighted by molar-refractivity contribution is 5.84. The van der Waals surface area contributed by atoms with E-state index < -0.39 is 23.5 Å². The van der Waals surface area contributed by atoms with Crippen molar-refractivity contribution in [2.45, 2.75) is 39.2 Å². The summed E-state index contributed by atoms with van der Waals surface area (Å²) in [5.74, 6) is -0.907. The van der Waals surface area contributed by atoms with E-state index in [9.17, 15) is 14.4 Å². The lowest BCUT2D eigenvalue weighted by Crippen LogP contribution is -2.40. The number of benzene rings is 1. The van der Waals surface area contributed by atoms with Crippen LogP contribution in [0.3, 0.4) is 0 Å². The molecule has 7 nitrogen and oxygen atoms in total. The van der Waals surface area contributed by atoms with Crippen LogP contribution in [0, 0.1) is 6.92 Å². The zero-order valence-corrected chi connectivity index (χ0v) is 14.4. The Morgan fingerprint density at radius 2 is 2.08 bits per heavy atom. The van der Waals surface area contributed by atoms with Crippen molar-refractivity contribution in [3.8, 4) is 5.75 Å². The number of hydrogen-bond acceptors (Lipinski definition) is 5. The van der Waals surface area contributed by atoms with Gasteiger partial charge in [0.1, 0.15) is 17.4 Å². The molecular weight excluding hydrogens is 326 g/mol.